The number of hydrogen-bond donors (Lipinski definition) is 2. The number of nitrogens with one attached hydrogen (secondary N) is 1. The fourth-order valence-corrected chi connectivity index (χ4v) is 5.55. The lowest BCUT2D eigenvalue weighted by Crippen LogP contribution is -2.53. The lowest BCUT2D eigenvalue weighted by atomic mass is 10.1. The molecule has 1 amide bonds. The van der Waals surface area contributed by atoms with E-state index in [1.807, 2.05) is 41.9 Å². The van der Waals surface area contributed by atoms with Crippen LogP contribution >= 0.6 is 23.4 Å². The summed E-state index contributed by atoms with van der Waals surface area (Å²) in [5.41, 5.74) is 5.25. The van der Waals surface area contributed by atoms with Crippen molar-refractivity contribution in [3.63, 3.8) is 0 Å². The van der Waals surface area contributed by atoms with Gasteiger partial charge in [-0.2, -0.15) is 10.1 Å². The second-order valence-corrected chi connectivity index (χ2v) is 10.1. The number of fused-ring (bicyclic) bond motifs is 1. The van der Waals surface area contributed by atoms with Gasteiger partial charge in [0.1, 0.15) is 0 Å². The van der Waals surface area contributed by atoms with Crippen molar-refractivity contribution < 1.29 is 9.90 Å². The predicted octanol–water partition coefficient (Wildman–Crippen LogP) is 3.59. The van der Waals surface area contributed by atoms with E-state index in [0.717, 1.165) is 45.8 Å². The van der Waals surface area contributed by atoms with Crippen LogP contribution in [-0.2, 0) is 11.3 Å². The van der Waals surface area contributed by atoms with Gasteiger partial charge in [0.05, 0.1) is 29.3 Å². The number of aliphatic hydroxyl groups excluding tert-OH is 1. The SMILES string of the molecule is Cc1cc(Cl)ccc1Cn1nc(C)c2cc(C=C3SC(N4CCNC(CO)C4)=NC3=O)ccc21. The summed E-state index contributed by atoms with van der Waals surface area (Å²) in [5, 5.41) is 20.0. The Bertz CT molecular complexity index is 1330. The number of carbonyl (C=O) groups excluding carboxylic acids is 1. The van der Waals surface area contributed by atoms with Crippen molar-refractivity contribution >= 4 is 51.4 Å². The van der Waals surface area contributed by atoms with Crippen molar-refractivity contribution in [3.8, 4) is 0 Å². The van der Waals surface area contributed by atoms with Crippen LogP contribution in [-0.4, -0.2) is 63.1 Å². The van der Waals surface area contributed by atoms with Crippen LogP contribution in [0, 0.1) is 13.8 Å². The fourth-order valence-electron chi connectivity index (χ4n) is 4.37. The zero-order valence-corrected chi connectivity index (χ0v) is 20.7. The molecule has 1 atom stereocenters. The molecule has 3 heterocycles. The number of rotatable bonds is 4. The number of piperazine rings is 1. The van der Waals surface area contributed by atoms with Crippen molar-refractivity contribution in [2.75, 3.05) is 26.2 Å². The zero-order valence-electron chi connectivity index (χ0n) is 19.1. The highest BCUT2D eigenvalue weighted by molar-refractivity contribution is 8.18. The molecule has 0 bridgehead atoms. The summed E-state index contributed by atoms with van der Waals surface area (Å²) in [6.45, 7) is 6.95. The molecule has 5 rings (SSSR count). The number of nitrogens with zero attached hydrogens (tertiary/aromatic N) is 4. The summed E-state index contributed by atoms with van der Waals surface area (Å²) in [4.78, 5) is 19.5. The quantitative estimate of drug-likeness (QED) is 0.538. The van der Waals surface area contributed by atoms with Gasteiger partial charge < -0.3 is 15.3 Å². The molecule has 2 aliphatic heterocycles. The molecule has 0 saturated carbocycles. The van der Waals surface area contributed by atoms with E-state index < -0.39 is 0 Å². The highest BCUT2D eigenvalue weighted by Crippen LogP contribution is 2.32. The van der Waals surface area contributed by atoms with Gasteiger partial charge in [0.15, 0.2) is 5.17 Å². The molecule has 2 N–H and O–H groups in total. The van der Waals surface area contributed by atoms with E-state index in [9.17, 15) is 9.90 Å². The van der Waals surface area contributed by atoms with Crippen molar-refractivity contribution in [1.29, 1.82) is 0 Å². The van der Waals surface area contributed by atoms with Crippen LogP contribution in [0.5, 0.6) is 0 Å². The van der Waals surface area contributed by atoms with Crippen LogP contribution in [0.25, 0.3) is 17.0 Å². The van der Waals surface area contributed by atoms with E-state index in [1.165, 1.54) is 17.3 Å². The maximum Gasteiger partial charge on any atom is 0.286 e. The van der Waals surface area contributed by atoms with Crippen molar-refractivity contribution in [2.24, 2.45) is 4.99 Å². The topological polar surface area (TPSA) is 82.8 Å². The summed E-state index contributed by atoms with van der Waals surface area (Å²) in [6.07, 6.45) is 1.90. The Labute approximate surface area is 207 Å². The van der Waals surface area contributed by atoms with Gasteiger partial charge in [-0.3, -0.25) is 9.48 Å². The lowest BCUT2D eigenvalue weighted by molar-refractivity contribution is -0.113. The molecule has 176 valence electrons. The number of amidine groups is 1. The number of amides is 1. The van der Waals surface area contributed by atoms with Gasteiger partial charge in [-0.05, 0) is 72.6 Å². The maximum absolute atomic E-state index is 12.6. The number of aryl methyl sites for hydroxylation is 2. The largest absolute Gasteiger partial charge is 0.395 e. The smallest absolute Gasteiger partial charge is 0.286 e. The number of hydrogen-bond acceptors (Lipinski definition) is 6. The minimum Gasteiger partial charge on any atom is -0.395 e. The van der Waals surface area contributed by atoms with Gasteiger partial charge >= 0.3 is 0 Å². The normalized spacial score (nSPS) is 19.9. The molecule has 1 unspecified atom stereocenters. The van der Waals surface area contributed by atoms with E-state index in [0.29, 0.717) is 23.2 Å². The molecule has 1 fully saturated rings. The average Bonchev–Trinajstić information content (AvgIpc) is 3.35. The van der Waals surface area contributed by atoms with Gasteiger partial charge in [-0.15, -0.1) is 0 Å². The summed E-state index contributed by atoms with van der Waals surface area (Å²) in [5.74, 6) is -0.218. The zero-order chi connectivity index (χ0) is 23.8. The van der Waals surface area contributed by atoms with Crippen molar-refractivity contribution in [3.05, 3.63) is 68.7 Å². The fraction of sp³-hybridized carbons (Fsp3) is 0.320. The predicted molar refractivity (Wildman–Crippen MR) is 138 cm³/mol. The Morgan fingerprint density at radius 1 is 1.26 bits per heavy atom. The van der Waals surface area contributed by atoms with Gasteiger partial charge in [0, 0.05) is 36.1 Å². The molecule has 0 aliphatic carbocycles. The summed E-state index contributed by atoms with van der Waals surface area (Å²) in [6, 6.07) is 12.1. The molecular weight excluding hydrogens is 470 g/mol. The van der Waals surface area contributed by atoms with Crippen molar-refractivity contribution in [2.45, 2.75) is 26.4 Å². The number of benzene rings is 2. The van der Waals surface area contributed by atoms with Crippen LogP contribution in [0.1, 0.15) is 22.4 Å². The van der Waals surface area contributed by atoms with E-state index in [-0.39, 0.29) is 18.6 Å². The minimum atomic E-state index is -0.218. The van der Waals surface area contributed by atoms with E-state index in [2.05, 4.69) is 34.3 Å². The first-order valence-electron chi connectivity index (χ1n) is 11.2. The molecule has 3 aromatic rings. The molecule has 0 spiro atoms. The van der Waals surface area contributed by atoms with Gasteiger partial charge in [0.25, 0.3) is 5.91 Å². The lowest BCUT2D eigenvalue weighted by Gasteiger charge is -2.33. The molecule has 2 aromatic carbocycles. The molecule has 7 nitrogen and oxygen atoms in total. The van der Waals surface area contributed by atoms with Gasteiger partial charge in [-0.25, -0.2) is 0 Å². The molecule has 1 saturated heterocycles. The van der Waals surface area contributed by atoms with E-state index in [1.54, 1.807) is 0 Å². The van der Waals surface area contributed by atoms with Crippen molar-refractivity contribution in [1.82, 2.24) is 20.0 Å². The van der Waals surface area contributed by atoms with Crippen LogP contribution < -0.4 is 5.32 Å². The second-order valence-electron chi connectivity index (χ2n) is 8.68. The van der Waals surface area contributed by atoms with E-state index in [4.69, 9.17) is 16.7 Å². The Balaban J connectivity index is 1.37. The standard InChI is InChI=1S/C25H26ClN5O2S/c1-15-9-19(26)5-4-18(15)12-31-22-6-3-17(10-21(22)16(2)29-31)11-23-24(33)28-25(34-23)30-8-7-27-20(13-30)14-32/h3-6,9-11,20,27,32H,7-8,12-14H2,1-2H3. The highest BCUT2D eigenvalue weighted by atomic mass is 35.5. The molecule has 0 radical (unpaired) electrons. The summed E-state index contributed by atoms with van der Waals surface area (Å²) in [7, 11) is 0. The van der Waals surface area contributed by atoms with E-state index >= 15 is 0 Å². The molecule has 1 aromatic heterocycles. The first kappa shape index (κ1) is 23.1. The molecule has 34 heavy (non-hydrogen) atoms. The Hall–Kier alpha value is -2.65. The minimum absolute atomic E-state index is 0.00115. The maximum atomic E-state index is 12.6. The average molecular weight is 496 g/mol. The second kappa shape index (κ2) is 9.54. The Kier molecular flexibility index (Phi) is 6.48. The van der Waals surface area contributed by atoms with Crippen LogP contribution in [0.3, 0.4) is 0 Å². The first-order valence-corrected chi connectivity index (χ1v) is 12.4. The van der Waals surface area contributed by atoms with Gasteiger partial charge in [0.2, 0.25) is 0 Å². The molecule has 2 aliphatic rings. The molecular formula is C25H26ClN5O2S. The molecule has 9 heteroatoms. The number of carbonyl (C=O) groups is 1. The number of thioether (sulfide) groups is 1. The summed E-state index contributed by atoms with van der Waals surface area (Å²) < 4.78 is 2.01. The number of halogens is 1. The summed E-state index contributed by atoms with van der Waals surface area (Å²) >= 11 is 7.50. The van der Waals surface area contributed by atoms with Crippen LogP contribution in [0.15, 0.2) is 46.3 Å². The third-order valence-corrected chi connectivity index (χ3v) is 7.52. The number of aliphatic imine (C=N–C) groups is 1. The van der Waals surface area contributed by atoms with Crippen LogP contribution in [0.2, 0.25) is 5.02 Å². The Morgan fingerprint density at radius 2 is 2.12 bits per heavy atom. The number of aliphatic hydroxyl groups is 1. The first-order chi connectivity index (χ1) is 16.4. The highest BCUT2D eigenvalue weighted by Gasteiger charge is 2.29. The monoisotopic (exact) mass is 495 g/mol. The van der Waals surface area contributed by atoms with Crippen LogP contribution in [0.4, 0.5) is 0 Å². The Morgan fingerprint density at radius 3 is 2.91 bits per heavy atom. The number of aromatic nitrogens is 2. The third-order valence-electron chi connectivity index (χ3n) is 6.24. The van der Waals surface area contributed by atoms with Gasteiger partial charge in [-0.1, -0.05) is 23.7 Å². The third kappa shape index (κ3) is 4.63.